The van der Waals surface area contributed by atoms with Gasteiger partial charge in [0.2, 0.25) is 0 Å². The Kier molecular flexibility index (Phi) is 5.60. The summed E-state index contributed by atoms with van der Waals surface area (Å²) < 4.78 is 0. The molecule has 0 aliphatic heterocycles. The highest BCUT2D eigenvalue weighted by Gasteiger charge is 2.35. The Morgan fingerprint density at radius 1 is 0.938 bits per heavy atom. The van der Waals surface area contributed by atoms with Gasteiger partial charge in [0.15, 0.2) is 0 Å². The summed E-state index contributed by atoms with van der Waals surface area (Å²) in [6.45, 7) is 1.32. The fraction of sp³-hybridized carbons (Fsp3) is 1.00. The van der Waals surface area contributed by atoms with Gasteiger partial charge < -0.3 is 4.90 Å². The molecular formula is C14H28ClN. The second kappa shape index (κ2) is 6.26. The van der Waals surface area contributed by atoms with Gasteiger partial charge in [0.05, 0.1) is 0 Å². The molecule has 0 bridgehead atoms. The third-order valence-electron chi connectivity index (χ3n) is 4.70. The Labute approximate surface area is 107 Å². The molecule has 96 valence electrons. The predicted octanol–water partition coefficient (Wildman–Crippen LogP) is 4.11. The average molecular weight is 246 g/mol. The molecule has 0 saturated heterocycles. The van der Waals surface area contributed by atoms with Gasteiger partial charge in [-0.2, -0.15) is 0 Å². The Morgan fingerprint density at radius 3 is 2.00 bits per heavy atom. The summed E-state index contributed by atoms with van der Waals surface area (Å²) in [7, 11) is 4.43. The molecule has 0 heterocycles. The molecule has 0 N–H and O–H groups in total. The molecule has 2 aliphatic carbocycles. The van der Waals surface area contributed by atoms with E-state index in [-0.39, 0.29) is 12.4 Å². The van der Waals surface area contributed by atoms with Crippen LogP contribution in [-0.4, -0.2) is 25.5 Å². The molecule has 0 aromatic rings. The minimum atomic E-state index is 0. The first-order chi connectivity index (χ1) is 7.20. The van der Waals surface area contributed by atoms with Crippen molar-refractivity contribution in [3.8, 4) is 0 Å². The van der Waals surface area contributed by atoms with Crippen LogP contribution >= 0.6 is 12.4 Å². The molecule has 1 nitrogen and oxygen atoms in total. The lowest BCUT2D eigenvalue weighted by atomic mass is 9.63. The lowest BCUT2D eigenvalue weighted by Crippen LogP contribution is -2.33. The normalized spacial score (nSPS) is 25.7. The number of hydrogen-bond acceptors (Lipinski definition) is 1. The van der Waals surface area contributed by atoms with Gasteiger partial charge in [-0.05, 0) is 64.0 Å². The first kappa shape index (κ1) is 14.3. The van der Waals surface area contributed by atoms with Crippen molar-refractivity contribution in [2.45, 2.75) is 57.8 Å². The van der Waals surface area contributed by atoms with Crippen LogP contribution in [0.15, 0.2) is 0 Å². The molecule has 0 aromatic carbocycles. The van der Waals surface area contributed by atoms with Crippen molar-refractivity contribution in [3.05, 3.63) is 0 Å². The van der Waals surface area contributed by atoms with Crippen LogP contribution in [0.2, 0.25) is 0 Å². The van der Waals surface area contributed by atoms with Gasteiger partial charge in [-0.3, -0.25) is 0 Å². The number of halogens is 1. The van der Waals surface area contributed by atoms with E-state index in [2.05, 4.69) is 19.0 Å². The summed E-state index contributed by atoms with van der Waals surface area (Å²) in [5, 5.41) is 0. The van der Waals surface area contributed by atoms with Gasteiger partial charge in [0.1, 0.15) is 0 Å². The summed E-state index contributed by atoms with van der Waals surface area (Å²) >= 11 is 0. The predicted molar refractivity (Wildman–Crippen MR) is 73.3 cm³/mol. The highest BCUT2D eigenvalue weighted by molar-refractivity contribution is 5.85. The fourth-order valence-corrected chi connectivity index (χ4v) is 3.79. The summed E-state index contributed by atoms with van der Waals surface area (Å²) in [6, 6.07) is 0. The average Bonchev–Trinajstić information content (AvgIpc) is 2.23. The molecule has 0 amide bonds. The lowest BCUT2D eigenvalue weighted by Gasteiger charge is -2.43. The smallest absolute Gasteiger partial charge is 0.000356 e. The van der Waals surface area contributed by atoms with Gasteiger partial charge in [0, 0.05) is 6.54 Å². The zero-order valence-corrected chi connectivity index (χ0v) is 11.8. The molecule has 0 radical (unpaired) electrons. The van der Waals surface area contributed by atoms with Crippen LogP contribution in [0.25, 0.3) is 0 Å². The molecule has 0 atom stereocenters. The second-order valence-electron chi connectivity index (χ2n) is 6.27. The molecule has 2 fully saturated rings. The van der Waals surface area contributed by atoms with Crippen LogP contribution in [0.1, 0.15) is 57.8 Å². The van der Waals surface area contributed by atoms with Crippen molar-refractivity contribution < 1.29 is 0 Å². The SMILES string of the molecule is CN(C)CC1CCC2(CCCCC2)CC1.Cl. The van der Waals surface area contributed by atoms with E-state index in [1.165, 1.54) is 51.5 Å². The summed E-state index contributed by atoms with van der Waals surface area (Å²) in [4.78, 5) is 2.36. The molecule has 1 spiro atoms. The maximum absolute atomic E-state index is 2.36. The highest BCUT2D eigenvalue weighted by atomic mass is 35.5. The molecular weight excluding hydrogens is 218 g/mol. The maximum Gasteiger partial charge on any atom is 0.000356 e. The molecule has 0 aromatic heterocycles. The molecule has 0 unspecified atom stereocenters. The molecule has 2 rings (SSSR count). The topological polar surface area (TPSA) is 3.24 Å². The van der Waals surface area contributed by atoms with Crippen molar-refractivity contribution in [1.82, 2.24) is 4.90 Å². The van der Waals surface area contributed by atoms with E-state index < -0.39 is 0 Å². The minimum Gasteiger partial charge on any atom is -0.309 e. The first-order valence-electron chi connectivity index (χ1n) is 6.85. The summed E-state index contributed by atoms with van der Waals surface area (Å²) in [5.41, 5.74) is 0.807. The van der Waals surface area contributed by atoms with Crippen molar-refractivity contribution >= 4 is 12.4 Å². The van der Waals surface area contributed by atoms with E-state index in [0.29, 0.717) is 0 Å². The van der Waals surface area contributed by atoms with Gasteiger partial charge in [-0.15, -0.1) is 12.4 Å². The number of rotatable bonds is 2. The van der Waals surface area contributed by atoms with Crippen molar-refractivity contribution in [3.63, 3.8) is 0 Å². The largest absolute Gasteiger partial charge is 0.309 e. The molecule has 2 saturated carbocycles. The third kappa shape index (κ3) is 3.63. The zero-order chi connectivity index (χ0) is 10.7. The van der Waals surface area contributed by atoms with E-state index in [1.807, 2.05) is 0 Å². The van der Waals surface area contributed by atoms with Crippen LogP contribution in [0, 0.1) is 11.3 Å². The van der Waals surface area contributed by atoms with E-state index in [1.54, 1.807) is 12.8 Å². The summed E-state index contributed by atoms with van der Waals surface area (Å²) in [6.07, 6.45) is 13.7. The Balaban J connectivity index is 0.00000128. The second-order valence-corrected chi connectivity index (χ2v) is 6.27. The third-order valence-corrected chi connectivity index (χ3v) is 4.70. The highest BCUT2D eigenvalue weighted by Crippen LogP contribution is 2.48. The standard InChI is InChI=1S/C14H27N.ClH/c1-15(2)12-13-6-10-14(11-7-13)8-4-3-5-9-14;/h13H,3-12H2,1-2H3;1H. The van der Waals surface area contributed by atoms with Gasteiger partial charge in [-0.1, -0.05) is 19.3 Å². The van der Waals surface area contributed by atoms with E-state index in [4.69, 9.17) is 0 Å². The number of hydrogen-bond donors (Lipinski definition) is 0. The van der Waals surface area contributed by atoms with Crippen molar-refractivity contribution in [2.24, 2.45) is 11.3 Å². The van der Waals surface area contributed by atoms with Gasteiger partial charge >= 0.3 is 0 Å². The zero-order valence-electron chi connectivity index (χ0n) is 11.0. The minimum absolute atomic E-state index is 0. The van der Waals surface area contributed by atoms with Crippen LogP contribution in [0.4, 0.5) is 0 Å². The van der Waals surface area contributed by atoms with E-state index >= 15 is 0 Å². The van der Waals surface area contributed by atoms with Crippen molar-refractivity contribution in [2.75, 3.05) is 20.6 Å². The lowest BCUT2D eigenvalue weighted by molar-refractivity contribution is 0.0881. The van der Waals surface area contributed by atoms with Crippen LogP contribution < -0.4 is 0 Å². The Morgan fingerprint density at radius 2 is 1.50 bits per heavy atom. The molecule has 2 heteroatoms. The summed E-state index contributed by atoms with van der Waals surface area (Å²) in [5.74, 6) is 0.993. The number of nitrogens with zero attached hydrogens (tertiary/aromatic N) is 1. The quantitative estimate of drug-likeness (QED) is 0.708. The monoisotopic (exact) mass is 245 g/mol. The van der Waals surface area contributed by atoms with Gasteiger partial charge in [-0.25, -0.2) is 0 Å². The molecule has 16 heavy (non-hydrogen) atoms. The van der Waals surface area contributed by atoms with E-state index in [9.17, 15) is 0 Å². The van der Waals surface area contributed by atoms with Gasteiger partial charge in [0.25, 0.3) is 0 Å². The Bertz CT molecular complexity index is 187. The van der Waals surface area contributed by atoms with Crippen LogP contribution in [-0.2, 0) is 0 Å². The van der Waals surface area contributed by atoms with Crippen LogP contribution in [0.5, 0.6) is 0 Å². The Hall–Kier alpha value is 0.250. The maximum atomic E-state index is 2.36. The fourth-order valence-electron chi connectivity index (χ4n) is 3.79. The van der Waals surface area contributed by atoms with E-state index in [0.717, 1.165) is 11.3 Å². The first-order valence-corrected chi connectivity index (χ1v) is 6.85. The van der Waals surface area contributed by atoms with Crippen LogP contribution in [0.3, 0.4) is 0 Å². The van der Waals surface area contributed by atoms with Crippen molar-refractivity contribution in [1.29, 1.82) is 0 Å². The molecule has 2 aliphatic rings.